The lowest BCUT2D eigenvalue weighted by molar-refractivity contribution is 0.192. The Kier molecular flexibility index (Phi) is 4.73. The number of urea groups is 1. The van der Waals surface area contributed by atoms with Crippen LogP contribution in [0.3, 0.4) is 0 Å². The second-order valence-corrected chi connectivity index (χ2v) is 4.23. The van der Waals surface area contributed by atoms with Crippen molar-refractivity contribution >= 4 is 11.7 Å². The van der Waals surface area contributed by atoms with E-state index in [-0.39, 0.29) is 12.6 Å². The summed E-state index contributed by atoms with van der Waals surface area (Å²) in [5, 5.41) is 15.8. The largest absolute Gasteiger partial charge is 0.395 e. The van der Waals surface area contributed by atoms with Gasteiger partial charge in [0.2, 0.25) is 0 Å². The van der Waals surface area contributed by atoms with Gasteiger partial charge in [0.25, 0.3) is 0 Å². The molecule has 0 unspecified atom stereocenters. The SMILES string of the molecule is CCN(CCO)C(=O)Nc1ccc(-n2cccn2)cc1. The average Bonchev–Trinajstić information content (AvgIpc) is 2.99. The van der Waals surface area contributed by atoms with Crippen molar-refractivity contribution in [3.05, 3.63) is 42.7 Å². The molecule has 106 valence electrons. The molecule has 0 radical (unpaired) electrons. The highest BCUT2D eigenvalue weighted by molar-refractivity contribution is 5.89. The molecule has 2 rings (SSSR count). The zero-order valence-corrected chi connectivity index (χ0v) is 11.4. The first-order valence-corrected chi connectivity index (χ1v) is 6.51. The number of nitrogens with one attached hydrogen (secondary N) is 1. The summed E-state index contributed by atoms with van der Waals surface area (Å²) >= 11 is 0. The molecule has 2 aromatic rings. The molecule has 1 aromatic carbocycles. The summed E-state index contributed by atoms with van der Waals surface area (Å²) in [5.41, 5.74) is 1.64. The molecule has 0 spiro atoms. The minimum Gasteiger partial charge on any atom is -0.395 e. The third-order valence-electron chi connectivity index (χ3n) is 2.93. The number of aliphatic hydroxyl groups excluding tert-OH is 1. The number of rotatable bonds is 5. The van der Waals surface area contributed by atoms with Crippen LogP contribution in [0, 0.1) is 0 Å². The first-order chi connectivity index (χ1) is 9.74. The number of amides is 2. The number of carbonyl (C=O) groups is 1. The lowest BCUT2D eigenvalue weighted by Gasteiger charge is -2.20. The van der Waals surface area contributed by atoms with Crippen molar-refractivity contribution in [2.45, 2.75) is 6.92 Å². The van der Waals surface area contributed by atoms with Crippen LogP contribution in [0.2, 0.25) is 0 Å². The van der Waals surface area contributed by atoms with Gasteiger partial charge < -0.3 is 15.3 Å². The zero-order chi connectivity index (χ0) is 14.4. The monoisotopic (exact) mass is 274 g/mol. The standard InChI is InChI=1S/C14H18N4O2/c1-2-17(10-11-19)14(20)16-12-4-6-13(7-5-12)18-9-3-8-15-18/h3-9,19H,2,10-11H2,1H3,(H,16,20). The van der Waals surface area contributed by atoms with Crippen molar-refractivity contribution in [1.82, 2.24) is 14.7 Å². The van der Waals surface area contributed by atoms with E-state index in [1.54, 1.807) is 15.8 Å². The Hall–Kier alpha value is -2.34. The Morgan fingerprint density at radius 2 is 2.15 bits per heavy atom. The van der Waals surface area contributed by atoms with Gasteiger partial charge in [0.15, 0.2) is 0 Å². The molecule has 6 nitrogen and oxygen atoms in total. The van der Waals surface area contributed by atoms with Crippen molar-refractivity contribution in [2.24, 2.45) is 0 Å². The summed E-state index contributed by atoms with van der Waals surface area (Å²) in [6.45, 7) is 2.71. The second-order valence-electron chi connectivity index (χ2n) is 4.23. The van der Waals surface area contributed by atoms with Crippen LogP contribution >= 0.6 is 0 Å². The highest BCUT2D eigenvalue weighted by atomic mass is 16.3. The normalized spacial score (nSPS) is 10.3. The molecular formula is C14H18N4O2. The van der Waals surface area contributed by atoms with Crippen LogP contribution in [0.5, 0.6) is 0 Å². The van der Waals surface area contributed by atoms with Crippen LogP contribution in [-0.4, -0.2) is 45.5 Å². The number of hydrogen-bond donors (Lipinski definition) is 2. The van der Waals surface area contributed by atoms with Gasteiger partial charge in [0.1, 0.15) is 0 Å². The summed E-state index contributed by atoms with van der Waals surface area (Å²) in [6, 6.07) is 9.04. The molecule has 2 N–H and O–H groups in total. The van der Waals surface area contributed by atoms with Gasteiger partial charge in [-0.25, -0.2) is 9.48 Å². The van der Waals surface area contributed by atoms with E-state index in [4.69, 9.17) is 5.11 Å². The number of aromatic nitrogens is 2. The fourth-order valence-corrected chi connectivity index (χ4v) is 1.85. The van der Waals surface area contributed by atoms with Crippen molar-refractivity contribution < 1.29 is 9.90 Å². The van der Waals surface area contributed by atoms with Gasteiger partial charge in [-0.1, -0.05) is 0 Å². The maximum Gasteiger partial charge on any atom is 0.321 e. The highest BCUT2D eigenvalue weighted by Crippen LogP contribution is 2.13. The van der Waals surface area contributed by atoms with Gasteiger partial charge in [-0.2, -0.15) is 5.10 Å². The molecule has 20 heavy (non-hydrogen) atoms. The molecule has 1 aromatic heterocycles. The molecular weight excluding hydrogens is 256 g/mol. The summed E-state index contributed by atoms with van der Waals surface area (Å²) in [5.74, 6) is 0. The molecule has 6 heteroatoms. The molecule has 0 atom stereocenters. The van der Waals surface area contributed by atoms with Crippen molar-refractivity contribution in [1.29, 1.82) is 0 Å². The summed E-state index contributed by atoms with van der Waals surface area (Å²) in [6.07, 6.45) is 3.57. The summed E-state index contributed by atoms with van der Waals surface area (Å²) < 4.78 is 1.75. The fraction of sp³-hybridized carbons (Fsp3) is 0.286. The van der Waals surface area contributed by atoms with Gasteiger partial charge >= 0.3 is 6.03 Å². The van der Waals surface area contributed by atoms with E-state index in [0.717, 1.165) is 5.69 Å². The van der Waals surface area contributed by atoms with E-state index >= 15 is 0 Å². The minimum atomic E-state index is -0.214. The molecule has 0 bridgehead atoms. The molecule has 0 saturated carbocycles. The quantitative estimate of drug-likeness (QED) is 0.872. The summed E-state index contributed by atoms with van der Waals surface area (Å²) in [7, 11) is 0. The predicted octanol–water partition coefficient (Wildman–Crippen LogP) is 1.72. The molecule has 0 aliphatic heterocycles. The Morgan fingerprint density at radius 3 is 2.70 bits per heavy atom. The van der Waals surface area contributed by atoms with Crippen molar-refractivity contribution in [3.63, 3.8) is 0 Å². The van der Waals surface area contributed by atoms with Crippen LogP contribution < -0.4 is 5.32 Å². The maximum absolute atomic E-state index is 11.9. The number of benzene rings is 1. The van der Waals surface area contributed by atoms with Gasteiger partial charge in [-0.05, 0) is 37.3 Å². The summed E-state index contributed by atoms with van der Waals surface area (Å²) in [4.78, 5) is 13.5. The topological polar surface area (TPSA) is 70.4 Å². The number of hydrogen-bond acceptors (Lipinski definition) is 3. The molecule has 0 aliphatic carbocycles. The van der Waals surface area contributed by atoms with Gasteiger partial charge in [-0.3, -0.25) is 0 Å². The van der Waals surface area contributed by atoms with E-state index < -0.39 is 0 Å². The molecule has 0 fully saturated rings. The molecule has 0 saturated heterocycles. The van der Waals surface area contributed by atoms with Crippen LogP contribution in [-0.2, 0) is 0 Å². The Labute approximate surface area is 117 Å². The van der Waals surface area contributed by atoms with Gasteiger partial charge in [0.05, 0.1) is 12.3 Å². The number of likely N-dealkylation sites (N-methyl/N-ethyl adjacent to an activating group) is 1. The van der Waals surface area contributed by atoms with Crippen LogP contribution in [0.4, 0.5) is 10.5 Å². The second kappa shape index (κ2) is 6.72. The van der Waals surface area contributed by atoms with E-state index in [9.17, 15) is 4.79 Å². The Bertz CT molecular complexity index is 537. The van der Waals surface area contributed by atoms with Crippen LogP contribution in [0.15, 0.2) is 42.7 Å². The zero-order valence-electron chi connectivity index (χ0n) is 11.4. The molecule has 0 aliphatic rings. The number of carbonyl (C=O) groups excluding carboxylic acids is 1. The first-order valence-electron chi connectivity index (χ1n) is 6.51. The highest BCUT2D eigenvalue weighted by Gasteiger charge is 2.10. The lowest BCUT2D eigenvalue weighted by atomic mass is 10.3. The van der Waals surface area contributed by atoms with Crippen LogP contribution in [0.25, 0.3) is 5.69 Å². The number of aliphatic hydroxyl groups is 1. The predicted molar refractivity (Wildman–Crippen MR) is 76.9 cm³/mol. The molecule has 1 heterocycles. The van der Waals surface area contributed by atoms with Gasteiger partial charge in [0, 0.05) is 31.2 Å². The number of nitrogens with zero attached hydrogens (tertiary/aromatic N) is 3. The Balaban J connectivity index is 2.02. The minimum absolute atomic E-state index is 0.0422. The number of anilines is 1. The Morgan fingerprint density at radius 1 is 1.40 bits per heavy atom. The third-order valence-corrected chi connectivity index (χ3v) is 2.93. The van der Waals surface area contributed by atoms with Gasteiger partial charge in [-0.15, -0.1) is 0 Å². The van der Waals surface area contributed by atoms with Crippen molar-refractivity contribution in [2.75, 3.05) is 25.0 Å². The lowest BCUT2D eigenvalue weighted by Crippen LogP contribution is -2.36. The first kappa shape index (κ1) is 14.1. The smallest absolute Gasteiger partial charge is 0.321 e. The van der Waals surface area contributed by atoms with E-state index in [2.05, 4.69) is 10.4 Å². The van der Waals surface area contributed by atoms with E-state index in [1.807, 2.05) is 43.5 Å². The third kappa shape index (κ3) is 3.36. The fourth-order valence-electron chi connectivity index (χ4n) is 1.85. The molecule has 2 amide bonds. The van der Waals surface area contributed by atoms with E-state index in [0.29, 0.717) is 18.8 Å². The average molecular weight is 274 g/mol. The maximum atomic E-state index is 11.9. The van der Waals surface area contributed by atoms with E-state index in [1.165, 1.54) is 0 Å². The van der Waals surface area contributed by atoms with Crippen molar-refractivity contribution in [3.8, 4) is 5.69 Å². The van der Waals surface area contributed by atoms with Crippen LogP contribution in [0.1, 0.15) is 6.92 Å².